The number of rotatable bonds is 9. The van der Waals surface area contributed by atoms with Gasteiger partial charge in [0.15, 0.2) is 11.5 Å². The summed E-state index contributed by atoms with van der Waals surface area (Å²) in [5, 5.41) is 0.437. The summed E-state index contributed by atoms with van der Waals surface area (Å²) in [6.07, 6.45) is 0. The van der Waals surface area contributed by atoms with Crippen LogP contribution in [0, 0.1) is 0 Å². The lowest BCUT2D eigenvalue weighted by Gasteiger charge is -2.24. The summed E-state index contributed by atoms with van der Waals surface area (Å²) in [6.45, 7) is 1.27. The molecule has 4 aromatic carbocycles. The molecule has 5 heteroatoms. The predicted octanol–water partition coefficient (Wildman–Crippen LogP) is 6.77. The van der Waals surface area contributed by atoms with Gasteiger partial charge < -0.3 is 14.4 Å². The molecule has 0 spiro atoms. The average molecular weight is 472 g/mol. The predicted molar refractivity (Wildman–Crippen MR) is 135 cm³/mol. The smallest absolute Gasteiger partial charge is 0.255 e. The van der Waals surface area contributed by atoms with Crippen molar-refractivity contribution in [1.82, 2.24) is 4.90 Å². The minimum atomic E-state index is -0.128. The van der Waals surface area contributed by atoms with E-state index in [4.69, 9.17) is 21.1 Å². The third-order valence-corrected chi connectivity index (χ3v) is 5.78. The minimum Gasteiger partial charge on any atom is -0.493 e. The maximum atomic E-state index is 13.5. The highest BCUT2D eigenvalue weighted by Crippen LogP contribution is 2.30. The Bertz CT molecular complexity index is 1230. The number of nitrogens with zero attached hydrogens (tertiary/aromatic N) is 1. The van der Waals surface area contributed by atoms with Gasteiger partial charge in [-0.3, -0.25) is 4.79 Å². The fourth-order valence-electron chi connectivity index (χ4n) is 3.70. The zero-order chi connectivity index (χ0) is 23.8. The quantitative estimate of drug-likeness (QED) is 0.270. The number of hydrogen-bond donors (Lipinski definition) is 0. The molecule has 0 saturated heterocycles. The van der Waals surface area contributed by atoms with E-state index in [1.807, 2.05) is 91.0 Å². The fourth-order valence-corrected chi connectivity index (χ4v) is 3.91. The van der Waals surface area contributed by atoms with Crippen LogP contribution in [0.3, 0.4) is 0 Å². The topological polar surface area (TPSA) is 38.8 Å². The molecule has 0 aliphatic carbocycles. The van der Waals surface area contributed by atoms with E-state index in [0.717, 1.165) is 16.7 Å². The van der Waals surface area contributed by atoms with Gasteiger partial charge in [-0.15, -0.1) is 0 Å². The van der Waals surface area contributed by atoms with Crippen molar-refractivity contribution >= 4 is 17.5 Å². The van der Waals surface area contributed by atoms with Crippen LogP contribution in [0.5, 0.6) is 11.5 Å². The molecule has 0 fully saturated rings. The van der Waals surface area contributed by atoms with Crippen LogP contribution in [-0.2, 0) is 19.7 Å². The first-order chi connectivity index (χ1) is 16.6. The maximum Gasteiger partial charge on any atom is 0.255 e. The molecular weight excluding hydrogens is 446 g/mol. The van der Waals surface area contributed by atoms with E-state index in [2.05, 4.69) is 0 Å². The van der Waals surface area contributed by atoms with Crippen molar-refractivity contribution in [1.29, 1.82) is 0 Å². The first-order valence-electron chi connectivity index (χ1n) is 11.1. The zero-order valence-electron chi connectivity index (χ0n) is 19.0. The molecule has 4 nitrogen and oxygen atoms in total. The Labute approximate surface area is 205 Å². The Balaban J connectivity index is 1.59. The van der Waals surface area contributed by atoms with Crippen LogP contribution in [0.4, 0.5) is 0 Å². The molecule has 0 radical (unpaired) electrons. The molecule has 1 amide bonds. The molecule has 0 aliphatic rings. The molecule has 0 atom stereocenters. The Morgan fingerprint density at radius 3 is 2.03 bits per heavy atom. The molecule has 0 bridgehead atoms. The molecule has 0 heterocycles. The number of carbonyl (C=O) groups excluding carboxylic acids is 1. The number of amides is 1. The van der Waals surface area contributed by atoms with Crippen LogP contribution in [-0.4, -0.2) is 17.9 Å². The van der Waals surface area contributed by atoms with Gasteiger partial charge in [0.1, 0.15) is 6.61 Å². The summed E-state index contributed by atoms with van der Waals surface area (Å²) in [5.41, 5.74) is 3.51. The van der Waals surface area contributed by atoms with Gasteiger partial charge >= 0.3 is 0 Å². The minimum absolute atomic E-state index is 0.128. The van der Waals surface area contributed by atoms with Crippen molar-refractivity contribution in [2.75, 3.05) is 7.11 Å². The Morgan fingerprint density at radius 2 is 1.35 bits per heavy atom. The third-order valence-electron chi connectivity index (χ3n) is 5.45. The highest BCUT2D eigenvalue weighted by atomic mass is 35.5. The van der Waals surface area contributed by atoms with Gasteiger partial charge in [0.05, 0.1) is 17.7 Å². The van der Waals surface area contributed by atoms with Crippen LogP contribution in [0.2, 0.25) is 5.02 Å². The standard InChI is InChI=1S/C29H26ClNO3/c1-33-27-17-16-24(18-28(27)34-21-23-12-6-3-7-13-23)20-31(19-22-10-4-2-5-11-22)29(32)25-14-8-9-15-26(25)30/h2-18H,19-21H2,1H3. The lowest BCUT2D eigenvalue weighted by Crippen LogP contribution is -2.30. The van der Waals surface area contributed by atoms with Crippen molar-refractivity contribution in [2.45, 2.75) is 19.7 Å². The SMILES string of the molecule is COc1ccc(CN(Cc2ccccc2)C(=O)c2ccccc2Cl)cc1OCc1ccccc1. The molecular formula is C29H26ClNO3. The summed E-state index contributed by atoms with van der Waals surface area (Å²) >= 11 is 6.35. The lowest BCUT2D eigenvalue weighted by molar-refractivity contribution is 0.0730. The van der Waals surface area contributed by atoms with Crippen molar-refractivity contribution < 1.29 is 14.3 Å². The van der Waals surface area contributed by atoms with Gasteiger partial charge in [0.2, 0.25) is 0 Å². The molecule has 4 rings (SSSR count). The Kier molecular flexibility index (Phi) is 7.84. The first kappa shape index (κ1) is 23.4. The van der Waals surface area contributed by atoms with Gasteiger partial charge in [0, 0.05) is 13.1 Å². The summed E-state index contributed by atoms with van der Waals surface area (Å²) in [7, 11) is 1.62. The summed E-state index contributed by atoms with van der Waals surface area (Å²) in [5.74, 6) is 1.15. The Hall–Kier alpha value is -3.76. The second kappa shape index (κ2) is 11.4. The summed E-state index contributed by atoms with van der Waals surface area (Å²) in [4.78, 5) is 15.3. The molecule has 0 saturated carbocycles. The van der Waals surface area contributed by atoms with Gasteiger partial charge in [-0.05, 0) is 41.0 Å². The summed E-state index contributed by atoms with van der Waals surface area (Å²) in [6, 6.07) is 32.8. The van der Waals surface area contributed by atoms with Crippen molar-refractivity contribution in [3.8, 4) is 11.5 Å². The van der Waals surface area contributed by atoms with Crippen LogP contribution < -0.4 is 9.47 Å². The summed E-state index contributed by atoms with van der Waals surface area (Å²) < 4.78 is 11.6. The number of benzene rings is 4. The number of hydrogen-bond acceptors (Lipinski definition) is 3. The van der Waals surface area contributed by atoms with Crippen molar-refractivity contribution in [3.63, 3.8) is 0 Å². The number of methoxy groups -OCH3 is 1. The fraction of sp³-hybridized carbons (Fsp3) is 0.138. The molecule has 172 valence electrons. The molecule has 0 aromatic heterocycles. The number of halogens is 1. The zero-order valence-corrected chi connectivity index (χ0v) is 19.7. The molecule has 0 N–H and O–H groups in total. The van der Waals surface area contributed by atoms with E-state index >= 15 is 0 Å². The molecule has 34 heavy (non-hydrogen) atoms. The van der Waals surface area contributed by atoms with Crippen molar-refractivity contribution in [3.05, 3.63) is 130 Å². The number of carbonyl (C=O) groups is 1. The number of ether oxygens (including phenoxy) is 2. The van der Waals surface area contributed by atoms with Gasteiger partial charge in [-0.1, -0.05) is 90.5 Å². The van der Waals surface area contributed by atoms with E-state index < -0.39 is 0 Å². The first-order valence-corrected chi connectivity index (χ1v) is 11.4. The largest absolute Gasteiger partial charge is 0.493 e. The van der Waals surface area contributed by atoms with Crippen LogP contribution >= 0.6 is 11.6 Å². The van der Waals surface area contributed by atoms with E-state index in [1.54, 1.807) is 24.1 Å². The van der Waals surface area contributed by atoms with E-state index in [-0.39, 0.29) is 5.91 Å². The molecule has 0 unspecified atom stereocenters. The van der Waals surface area contributed by atoms with E-state index in [0.29, 0.717) is 41.8 Å². The monoisotopic (exact) mass is 471 g/mol. The second-order valence-electron chi connectivity index (χ2n) is 7.89. The van der Waals surface area contributed by atoms with Gasteiger partial charge in [-0.25, -0.2) is 0 Å². The maximum absolute atomic E-state index is 13.5. The second-order valence-corrected chi connectivity index (χ2v) is 8.29. The van der Waals surface area contributed by atoms with Crippen LogP contribution in [0.1, 0.15) is 27.0 Å². The van der Waals surface area contributed by atoms with Crippen LogP contribution in [0.25, 0.3) is 0 Å². The normalized spacial score (nSPS) is 10.5. The highest BCUT2D eigenvalue weighted by molar-refractivity contribution is 6.33. The van der Waals surface area contributed by atoms with Crippen LogP contribution in [0.15, 0.2) is 103 Å². The van der Waals surface area contributed by atoms with Crippen molar-refractivity contribution in [2.24, 2.45) is 0 Å². The molecule has 4 aromatic rings. The lowest BCUT2D eigenvalue weighted by atomic mass is 10.1. The van der Waals surface area contributed by atoms with Gasteiger partial charge in [-0.2, -0.15) is 0 Å². The van der Waals surface area contributed by atoms with Gasteiger partial charge in [0.25, 0.3) is 5.91 Å². The third kappa shape index (κ3) is 5.97. The average Bonchev–Trinajstić information content (AvgIpc) is 2.88. The Morgan fingerprint density at radius 1 is 0.735 bits per heavy atom. The highest BCUT2D eigenvalue weighted by Gasteiger charge is 2.20. The van der Waals surface area contributed by atoms with E-state index in [9.17, 15) is 4.79 Å². The van der Waals surface area contributed by atoms with E-state index in [1.165, 1.54) is 0 Å². The molecule has 0 aliphatic heterocycles.